The van der Waals surface area contributed by atoms with E-state index in [0.717, 1.165) is 12.1 Å². The van der Waals surface area contributed by atoms with Crippen molar-refractivity contribution >= 4 is 17.7 Å². The fourth-order valence-electron chi connectivity index (χ4n) is 2.60. The van der Waals surface area contributed by atoms with E-state index in [2.05, 4.69) is 5.32 Å². The summed E-state index contributed by atoms with van der Waals surface area (Å²) in [6.07, 6.45) is -0.365. The summed E-state index contributed by atoms with van der Waals surface area (Å²) in [5.74, 6) is -2.29. The Labute approximate surface area is 152 Å². The van der Waals surface area contributed by atoms with Crippen LogP contribution in [0.1, 0.15) is 27.7 Å². The van der Waals surface area contributed by atoms with Crippen LogP contribution in [0.2, 0.25) is 0 Å². The van der Waals surface area contributed by atoms with Gasteiger partial charge in [-0.3, -0.25) is 9.69 Å². The number of hydrogen-bond donors (Lipinski definition) is 1. The minimum absolute atomic E-state index is 0.202. The lowest BCUT2D eigenvalue weighted by molar-refractivity contribution is -0.121. The molecule has 6 nitrogen and oxygen atoms in total. The topological polar surface area (TPSA) is 61.9 Å². The summed E-state index contributed by atoms with van der Waals surface area (Å²) in [4.78, 5) is 27.9. The van der Waals surface area contributed by atoms with Crippen LogP contribution in [-0.4, -0.2) is 59.6 Å². The maximum Gasteiger partial charge on any atom is 0.410 e. The van der Waals surface area contributed by atoms with E-state index < -0.39 is 23.3 Å². The molecule has 2 rings (SSSR count). The van der Waals surface area contributed by atoms with Gasteiger partial charge in [0.1, 0.15) is 5.60 Å². The highest BCUT2D eigenvalue weighted by atomic mass is 19.2. The van der Waals surface area contributed by atoms with Crippen LogP contribution in [0, 0.1) is 11.6 Å². The van der Waals surface area contributed by atoms with Crippen LogP contribution in [0.5, 0.6) is 0 Å². The molecule has 1 atom stereocenters. The third kappa shape index (κ3) is 5.39. The maximum absolute atomic E-state index is 13.2. The number of piperazine rings is 1. The molecule has 1 aliphatic heterocycles. The Hall–Kier alpha value is -2.22. The molecule has 0 bridgehead atoms. The number of halogens is 2. The normalized spacial score (nSPS) is 16.9. The fourth-order valence-corrected chi connectivity index (χ4v) is 2.60. The van der Waals surface area contributed by atoms with Crippen LogP contribution >= 0.6 is 0 Å². The molecule has 0 aliphatic carbocycles. The first-order valence-corrected chi connectivity index (χ1v) is 8.55. The molecule has 144 valence electrons. The van der Waals surface area contributed by atoms with Crippen LogP contribution < -0.4 is 5.32 Å². The predicted octanol–water partition coefficient (Wildman–Crippen LogP) is 2.84. The van der Waals surface area contributed by atoms with Gasteiger partial charge in [0.25, 0.3) is 0 Å². The summed E-state index contributed by atoms with van der Waals surface area (Å²) >= 11 is 0. The molecule has 26 heavy (non-hydrogen) atoms. The Bertz CT molecular complexity index is 668. The van der Waals surface area contributed by atoms with Gasteiger partial charge in [0.2, 0.25) is 5.91 Å². The van der Waals surface area contributed by atoms with Gasteiger partial charge in [0.15, 0.2) is 11.6 Å². The van der Waals surface area contributed by atoms with E-state index in [1.54, 1.807) is 11.8 Å². The molecule has 0 aromatic heterocycles. The summed E-state index contributed by atoms with van der Waals surface area (Å²) in [6.45, 7) is 9.12. The number of nitrogens with one attached hydrogen (secondary N) is 1. The minimum atomic E-state index is -1.01. The van der Waals surface area contributed by atoms with Gasteiger partial charge in [-0.05, 0) is 39.8 Å². The summed E-state index contributed by atoms with van der Waals surface area (Å²) in [6, 6.07) is 2.75. The second-order valence-corrected chi connectivity index (χ2v) is 7.30. The third-order valence-corrected chi connectivity index (χ3v) is 4.08. The average molecular weight is 369 g/mol. The molecule has 0 radical (unpaired) electrons. The standard InChI is InChI=1S/C18H25F2N3O3/c1-12(16(24)21-13-5-6-14(19)15(20)11-13)22-7-9-23(10-8-22)17(25)26-18(2,3)4/h5-6,11-12H,7-10H2,1-4H3,(H,21,24). The molecule has 1 aliphatic rings. The van der Waals surface area contributed by atoms with E-state index >= 15 is 0 Å². The molecule has 8 heteroatoms. The molecule has 2 amide bonds. The smallest absolute Gasteiger partial charge is 0.410 e. The Morgan fingerprint density at radius 2 is 1.73 bits per heavy atom. The van der Waals surface area contributed by atoms with Gasteiger partial charge in [-0.2, -0.15) is 0 Å². The number of nitrogens with zero attached hydrogens (tertiary/aromatic N) is 2. The van der Waals surface area contributed by atoms with Crippen molar-refractivity contribution < 1.29 is 23.1 Å². The van der Waals surface area contributed by atoms with Gasteiger partial charge in [-0.25, -0.2) is 13.6 Å². The number of anilines is 1. The number of ether oxygens (including phenoxy) is 1. The van der Waals surface area contributed by atoms with Gasteiger partial charge >= 0.3 is 6.09 Å². The second-order valence-electron chi connectivity index (χ2n) is 7.30. The zero-order chi connectivity index (χ0) is 19.5. The molecule has 0 saturated carbocycles. The lowest BCUT2D eigenvalue weighted by Gasteiger charge is -2.37. The zero-order valence-corrected chi connectivity index (χ0v) is 15.5. The van der Waals surface area contributed by atoms with Crippen molar-refractivity contribution in [3.63, 3.8) is 0 Å². The van der Waals surface area contributed by atoms with Crippen LogP contribution in [0.4, 0.5) is 19.3 Å². The third-order valence-electron chi connectivity index (χ3n) is 4.08. The quantitative estimate of drug-likeness (QED) is 0.890. The Balaban J connectivity index is 1.87. The number of rotatable bonds is 3. The largest absolute Gasteiger partial charge is 0.444 e. The van der Waals surface area contributed by atoms with Gasteiger partial charge in [0, 0.05) is 37.9 Å². The monoisotopic (exact) mass is 369 g/mol. The van der Waals surface area contributed by atoms with Crippen LogP contribution in [0.15, 0.2) is 18.2 Å². The molecule has 1 saturated heterocycles. The van der Waals surface area contributed by atoms with E-state index in [9.17, 15) is 18.4 Å². The van der Waals surface area contributed by atoms with Crippen molar-refractivity contribution in [2.75, 3.05) is 31.5 Å². The van der Waals surface area contributed by atoms with E-state index in [1.165, 1.54) is 6.07 Å². The Kier molecular flexibility index (Phi) is 6.17. The number of amides is 2. The van der Waals surface area contributed by atoms with Gasteiger partial charge < -0.3 is 15.0 Å². The first-order valence-electron chi connectivity index (χ1n) is 8.55. The molecule has 1 aromatic rings. The summed E-state index contributed by atoms with van der Waals surface area (Å²) in [7, 11) is 0. The molecule has 1 aromatic carbocycles. The molecule has 1 fully saturated rings. The SMILES string of the molecule is CC(C(=O)Nc1ccc(F)c(F)c1)N1CCN(C(=O)OC(C)(C)C)CC1. The molecule has 0 spiro atoms. The molecule has 1 unspecified atom stereocenters. The van der Waals surface area contributed by atoms with Crippen molar-refractivity contribution in [2.45, 2.75) is 39.3 Å². The first kappa shape index (κ1) is 20.1. The number of carbonyl (C=O) groups excluding carboxylic acids is 2. The highest BCUT2D eigenvalue weighted by Gasteiger charge is 2.29. The fraction of sp³-hybridized carbons (Fsp3) is 0.556. The van der Waals surface area contributed by atoms with E-state index in [1.807, 2.05) is 25.7 Å². The van der Waals surface area contributed by atoms with Crippen LogP contribution in [0.3, 0.4) is 0 Å². The first-order chi connectivity index (χ1) is 12.1. The Morgan fingerprint density at radius 1 is 1.12 bits per heavy atom. The van der Waals surface area contributed by atoms with Crippen molar-refractivity contribution in [3.05, 3.63) is 29.8 Å². The van der Waals surface area contributed by atoms with Crippen molar-refractivity contribution in [2.24, 2.45) is 0 Å². The average Bonchev–Trinajstić information content (AvgIpc) is 2.56. The summed E-state index contributed by atoms with van der Waals surface area (Å²) < 4.78 is 31.5. The Morgan fingerprint density at radius 3 is 2.27 bits per heavy atom. The minimum Gasteiger partial charge on any atom is -0.444 e. The number of carbonyl (C=O) groups is 2. The van der Waals surface area contributed by atoms with Crippen molar-refractivity contribution in [1.29, 1.82) is 0 Å². The van der Waals surface area contributed by atoms with Crippen molar-refractivity contribution in [3.8, 4) is 0 Å². The molecule has 1 heterocycles. The maximum atomic E-state index is 13.2. The van der Waals surface area contributed by atoms with E-state index in [-0.39, 0.29) is 17.7 Å². The van der Waals surface area contributed by atoms with Crippen LogP contribution in [0.25, 0.3) is 0 Å². The lowest BCUT2D eigenvalue weighted by Crippen LogP contribution is -2.54. The van der Waals surface area contributed by atoms with Gasteiger partial charge in [0.05, 0.1) is 6.04 Å². The molecule has 1 N–H and O–H groups in total. The highest BCUT2D eigenvalue weighted by molar-refractivity contribution is 5.94. The zero-order valence-electron chi connectivity index (χ0n) is 15.5. The molecular formula is C18H25F2N3O3. The number of benzene rings is 1. The molecular weight excluding hydrogens is 344 g/mol. The lowest BCUT2D eigenvalue weighted by atomic mass is 10.2. The number of hydrogen-bond acceptors (Lipinski definition) is 4. The van der Waals surface area contributed by atoms with Crippen molar-refractivity contribution in [1.82, 2.24) is 9.80 Å². The summed E-state index contributed by atoms with van der Waals surface area (Å²) in [5.41, 5.74) is -0.348. The van der Waals surface area contributed by atoms with E-state index in [0.29, 0.717) is 26.2 Å². The summed E-state index contributed by atoms with van der Waals surface area (Å²) in [5, 5.41) is 2.58. The van der Waals surface area contributed by atoms with Gasteiger partial charge in [-0.1, -0.05) is 0 Å². The van der Waals surface area contributed by atoms with Gasteiger partial charge in [-0.15, -0.1) is 0 Å². The van der Waals surface area contributed by atoms with E-state index in [4.69, 9.17) is 4.74 Å². The van der Waals surface area contributed by atoms with Crippen LogP contribution in [-0.2, 0) is 9.53 Å². The highest BCUT2D eigenvalue weighted by Crippen LogP contribution is 2.16. The second kappa shape index (κ2) is 7.99. The predicted molar refractivity (Wildman–Crippen MR) is 93.8 cm³/mol.